The Balaban J connectivity index is 2.22. The van der Waals surface area contributed by atoms with Crippen LogP contribution in [0.5, 0.6) is 0 Å². The molecule has 1 unspecified atom stereocenters. The molecule has 2 rings (SSSR count). The molecule has 1 aromatic carbocycles. The summed E-state index contributed by atoms with van der Waals surface area (Å²) in [6, 6.07) is 9.61. The molecule has 0 bridgehead atoms. The van der Waals surface area contributed by atoms with Crippen LogP contribution in [0.2, 0.25) is 9.36 Å². The summed E-state index contributed by atoms with van der Waals surface area (Å²) in [5.41, 5.74) is 3.90. The zero-order chi connectivity index (χ0) is 13.1. The van der Waals surface area contributed by atoms with Crippen LogP contribution in [-0.2, 0) is 6.42 Å². The first-order valence-corrected chi connectivity index (χ1v) is 7.62. The lowest BCUT2D eigenvalue weighted by molar-refractivity contribution is 0.553. The summed E-state index contributed by atoms with van der Waals surface area (Å²) in [5, 5.41) is 0.695. The van der Waals surface area contributed by atoms with Crippen LogP contribution in [0.25, 0.3) is 0 Å². The van der Waals surface area contributed by atoms with E-state index in [0.717, 1.165) is 20.8 Å². The van der Waals surface area contributed by atoms with Crippen LogP contribution in [0.3, 0.4) is 0 Å². The number of hydrogen-bond acceptors (Lipinski definition) is 3. The molecule has 96 valence electrons. The fraction of sp³-hybridized carbons (Fsp3) is 0.167. The van der Waals surface area contributed by atoms with Gasteiger partial charge in [0.05, 0.1) is 10.4 Å². The minimum Gasteiger partial charge on any atom is -0.271 e. The summed E-state index contributed by atoms with van der Waals surface area (Å²) >= 11 is 16.9. The number of nitrogens with two attached hydrogens (primary N) is 1. The van der Waals surface area contributed by atoms with Gasteiger partial charge in [0, 0.05) is 20.8 Å². The molecule has 0 radical (unpaired) electrons. The highest BCUT2D eigenvalue weighted by Crippen LogP contribution is 2.31. The molecule has 0 aliphatic rings. The van der Waals surface area contributed by atoms with E-state index < -0.39 is 0 Å². The van der Waals surface area contributed by atoms with Gasteiger partial charge in [-0.2, -0.15) is 0 Å². The van der Waals surface area contributed by atoms with Crippen molar-refractivity contribution in [3.63, 3.8) is 0 Å². The van der Waals surface area contributed by atoms with Gasteiger partial charge in [-0.05, 0) is 29.8 Å². The van der Waals surface area contributed by atoms with Gasteiger partial charge < -0.3 is 0 Å². The Morgan fingerprint density at radius 3 is 2.61 bits per heavy atom. The zero-order valence-corrected chi connectivity index (χ0v) is 13.2. The van der Waals surface area contributed by atoms with Gasteiger partial charge in [-0.3, -0.25) is 11.3 Å². The fourth-order valence-electron chi connectivity index (χ4n) is 1.71. The average Bonchev–Trinajstić information content (AvgIpc) is 2.72. The van der Waals surface area contributed by atoms with E-state index >= 15 is 0 Å². The van der Waals surface area contributed by atoms with Gasteiger partial charge in [0.25, 0.3) is 0 Å². The summed E-state index contributed by atoms with van der Waals surface area (Å²) in [6.45, 7) is 0. The number of hydrogen-bond donors (Lipinski definition) is 2. The zero-order valence-electron chi connectivity index (χ0n) is 9.29. The molecule has 3 N–H and O–H groups in total. The Hall–Kier alpha value is -0.100. The van der Waals surface area contributed by atoms with E-state index in [1.165, 1.54) is 4.88 Å². The maximum absolute atomic E-state index is 5.93. The van der Waals surface area contributed by atoms with Crippen molar-refractivity contribution in [3.05, 3.63) is 54.6 Å². The number of benzene rings is 1. The molecule has 0 amide bonds. The van der Waals surface area contributed by atoms with Crippen molar-refractivity contribution in [2.75, 3.05) is 0 Å². The normalized spacial score (nSPS) is 12.7. The summed E-state index contributed by atoms with van der Waals surface area (Å²) < 4.78 is 1.73. The van der Waals surface area contributed by atoms with Crippen LogP contribution in [0, 0.1) is 0 Å². The highest BCUT2D eigenvalue weighted by atomic mass is 79.9. The topological polar surface area (TPSA) is 38.0 Å². The minimum atomic E-state index is 0.0198. The Kier molecular flexibility index (Phi) is 5.06. The predicted octanol–water partition coefficient (Wildman–Crippen LogP) is 4.56. The monoisotopic (exact) mass is 364 g/mol. The van der Waals surface area contributed by atoms with Crippen molar-refractivity contribution >= 4 is 50.5 Å². The predicted molar refractivity (Wildman–Crippen MR) is 82.2 cm³/mol. The van der Waals surface area contributed by atoms with Gasteiger partial charge in [0.1, 0.15) is 0 Å². The van der Waals surface area contributed by atoms with Gasteiger partial charge in [-0.25, -0.2) is 0 Å². The van der Waals surface area contributed by atoms with Crippen LogP contribution in [0.4, 0.5) is 0 Å². The van der Waals surface area contributed by atoms with Gasteiger partial charge in [0.15, 0.2) is 0 Å². The van der Waals surface area contributed by atoms with E-state index in [1.54, 1.807) is 11.3 Å². The van der Waals surface area contributed by atoms with E-state index in [2.05, 4.69) is 21.4 Å². The third kappa shape index (κ3) is 3.47. The Labute approximate surface area is 128 Å². The van der Waals surface area contributed by atoms with Crippen molar-refractivity contribution in [3.8, 4) is 0 Å². The standard InChI is InChI=1S/C12H11BrCl2N2S/c13-10-5-7(14)1-3-9(10)11(17-16)6-8-2-4-12(15)18-8/h1-5,11,17H,6,16H2. The van der Waals surface area contributed by atoms with E-state index in [-0.39, 0.29) is 6.04 Å². The summed E-state index contributed by atoms with van der Waals surface area (Å²) in [5.74, 6) is 5.63. The highest BCUT2D eigenvalue weighted by molar-refractivity contribution is 9.10. The lowest BCUT2D eigenvalue weighted by Gasteiger charge is -2.17. The smallest absolute Gasteiger partial charge is 0.0931 e. The van der Waals surface area contributed by atoms with Gasteiger partial charge in [-0.1, -0.05) is 45.2 Å². The molecule has 1 heterocycles. The molecule has 0 aliphatic heterocycles. The third-order valence-corrected chi connectivity index (χ3v) is 4.75. The van der Waals surface area contributed by atoms with Crippen molar-refractivity contribution in [2.45, 2.75) is 12.5 Å². The highest BCUT2D eigenvalue weighted by Gasteiger charge is 2.15. The molecule has 2 aromatic rings. The Bertz CT molecular complexity index is 545. The van der Waals surface area contributed by atoms with Crippen LogP contribution < -0.4 is 11.3 Å². The number of halogens is 3. The molecule has 0 spiro atoms. The Morgan fingerprint density at radius 2 is 2.06 bits per heavy atom. The third-order valence-electron chi connectivity index (χ3n) is 2.57. The molecule has 0 aliphatic carbocycles. The first-order chi connectivity index (χ1) is 8.60. The Morgan fingerprint density at radius 1 is 1.28 bits per heavy atom. The SMILES string of the molecule is NNC(Cc1ccc(Cl)s1)c1ccc(Cl)cc1Br. The summed E-state index contributed by atoms with van der Waals surface area (Å²) in [4.78, 5) is 1.19. The van der Waals surface area contributed by atoms with E-state index in [1.807, 2.05) is 30.3 Å². The summed E-state index contributed by atoms with van der Waals surface area (Å²) in [6.07, 6.45) is 0.786. The minimum absolute atomic E-state index is 0.0198. The maximum atomic E-state index is 5.93. The maximum Gasteiger partial charge on any atom is 0.0931 e. The number of nitrogens with one attached hydrogen (secondary N) is 1. The van der Waals surface area contributed by atoms with Gasteiger partial charge >= 0.3 is 0 Å². The number of thiophene rings is 1. The fourth-order valence-corrected chi connectivity index (χ4v) is 3.80. The molecule has 2 nitrogen and oxygen atoms in total. The molecule has 1 atom stereocenters. The molecule has 6 heteroatoms. The van der Waals surface area contributed by atoms with Crippen LogP contribution in [0.15, 0.2) is 34.8 Å². The van der Waals surface area contributed by atoms with Crippen molar-refractivity contribution < 1.29 is 0 Å². The van der Waals surface area contributed by atoms with Gasteiger partial charge in [-0.15, -0.1) is 11.3 Å². The van der Waals surface area contributed by atoms with E-state index in [4.69, 9.17) is 29.0 Å². The van der Waals surface area contributed by atoms with E-state index in [9.17, 15) is 0 Å². The average molecular weight is 366 g/mol. The molecule has 0 fully saturated rings. The second-order valence-electron chi connectivity index (χ2n) is 3.80. The molecule has 0 saturated carbocycles. The van der Waals surface area contributed by atoms with Crippen molar-refractivity contribution in [1.29, 1.82) is 0 Å². The first-order valence-electron chi connectivity index (χ1n) is 5.25. The first kappa shape index (κ1) is 14.3. The number of rotatable bonds is 4. The quantitative estimate of drug-likeness (QED) is 0.615. The summed E-state index contributed by atoms with van der Waals surface area (Å²) in [7, 11) is 0. The largest absolute Gasteiger partial charge is 0.271 e. The van der Waals surface area contributed by atoms with Crippen LogP contribution >= 0.6 is 50.5 Å². The lowest BCUT2D eigenvalue weighted by atomic mass is 10.0. The second kappa shape index (κ2) is 6.37. The molecular formula is C12H11BrCl2N2S. The van der Waals surface area contributed by atoms with E-state index in [0.29, 0.717) is 5.02 Å². The van der Waals surface area contributed by atoms with Crippen molar-refractivity contribution in [2.24, 2.45) is 5.84 Å². The van der Waals surface area contributed by atoms with Crippen LogP contribution in [0.1, 0.15) is 16.5 Å². The van der Waals surface area contributed by atoms with Gasteiger partial charge in [0.2, 0.25) is 0 Å². The van der Waals surface area contributed by atoms with Crippen LogP contribution in [-0.4, -0.2) is 0 Å². The molecular weight excluding hydrogens is 355 g/mol. The second-order valence-corrected chi connectivity index (χ2v) is 6.89. The lowest BCUT2D eigenvalue weighted by Crippen LogP contribution is -2.29. The molecule has 18 heavy (non-hydrogen) atoms. The number of hydrazine groups is 1. The van der Waals surface area contributed by atoms with Crippen molar-refractivity contribution in [1.82, 2.24) is 5.43 Å². The molecule has 1 aromatic heterocycles. The molecule has 0 saturated heterocycles.